The van der Waals surface area contributed by atoms with Gasteiger partial charge in [-0.25, -0.2) is 14.8 Å². The molecule has 0 radical (unpaired) electrons. The number of thiazole rings is 1. The predicted octanol–water partition coefficient (Wildman–Crippen LogP) is 2.36. The summed E-state index contributed by atoms with van der Waals surface area (Å²) in [5.74, 6) is 0.424. The first-order chi connectivity index (χ1) is 13.1. The molecule has 0 unspecified atom stereocenters. The van der Waals surface area contributed by atoms with Crippen molar-refractivity contribution in [2.24, 2.45) is 0 Å². The molecule has 3 aromatic rings. The molecule has 138 valence electrons. The highest BCUT2D eigenvalue weighted by molar-refractivity contribution is 7.13. The van der Waals surface area contributed by atoms with Gasteiger partial charge in [-0.05, 0) is 13.0 Å². The van der Waals surface area contributed by atoms with Crippen LogP contribution in [0.5, 0.6) is 5.75 Å². The standard InChI is InChI=1S/C17H17BN4O4S/c1-2-19-17(23)22-15-8-12(14(9-20-15)26-18(24)25)16-21-13(10-27-16)11-6-4-3-5-7-11/h3-10,24-25H,2H2,1H3,(H2,19,20,22,23). The molecule has 1 aromatic carbocycles. The van der Waals surface area contributed by atoms with Crippen molar-refractivity contribution in [1.82, 2.24) is 15.3 Å². The van der Waals surface area contributed by atoms with E-state index in [0.29, 0.717) is 17.1 Å². The van der Waals surface area contributed by atoms with Crippen LogP contribution in [0.1, 0.15) is 6.92 Å². The third kappa shape index (κ3) is 4.82. The number of hydrogen-bond acceptors (Lipinski definition) is 7. The molecule has 8 nitrogen and oxygen atoms in total. The number of benzene rings is 1. The molecule has 2 heterocycles. The first-order valence-corrected chi connectivity index (χ1v) is 9.03. The monoisotopic (exact) mass is 384 g/mol. The van der Waals surface area contributed by atoms with Gasteiger partial charge in [-0.1, -0.05) is 30.3 Å². The number of rotatable bonds is 6. The number of carbonyl (C=O) groups is 1. The van der Waals surface area contributed by atoms with Crippen LogP contribution in [0, 0.1) is 0 Å². The van der Waals surface area contributed by atoms with Crippen LogP contribution in [0.4, 0.5) is 10.6 Å². The second-order valence-corrected chi connectivity index (χ2v) is 6.26. The van der Waals surface area contributed by atoms with E-state index in [2.05, 4.69) is 20.6 Å². The Morgan fingerprint density at radius 1 is 1.30 bits per heavy atom. The van der Waals surface area contributed by atoms with E-state index in [4.69, 9.17) is 14.7 Å². The highest BCUT2D eigenvalue weighted by atomic mass is 32.1. The summed E-state index contributed by atoms with van der Waals surface area (Å²) in [6.45, 7) is 2.28. The number of nitrogens with zero attached hydrogens (tertiary/aromatic N) is 2. The lowest BCUT2D eigenvalue weighted by molar-refractivity contribution is 0.252. The van der Waals surface area contributed by atoms with E-state index in [1.807, 2.05) is 35.7 Å². The summed E-state index contributed by atoms with van der Waals surface area (Å²) in [6.07, 6.45) is 1.31. The fourth-order valence-electron chi connectivity index (χ4n) is 2.35. The van der Waals surface area contributed by atoms with E-state index < -0.39 is 13.4 Å². The van der Waals surface area contributed by atoms with Crippen molar-refractivity contribution in [3.63, 3.8) is 0 Å². The average molecular weight is 384 g/mol. The van der Waals surface area contributed by atoms with Gasteiger partial charge in [-0.2, -0.15) is 0 Å². The molecule has 0 saturated carbocycles. The van der Waals surface area contributed by atoms with Crippen LogP contribution in [0.25, 0.3) is 21.8 Å². The number of anilines is 1. The highest BCUT2D eigenvalue weighted by Gasteiger charge is 2.19. The molecule has 0 aliphatic rings. The van der Waals surface area contributed by atoms with Crippen molar-refractivity contribution < 1.29 is 19.5 Å². The van der Waals surface area contributed by atoms with Crippen LogP contribution in [-0.4, -0.2) is 39.9 Å². The highest BCUT2D eigenvalue weighted by Crippen LogP contribution is 2.35. The fourth-order valence-corrected chi connectivity index (χ4v) is 3.20. The van der Waals surface area contributed by atoms with E-state index in [1.165, 1.54) is 17.5 Å². The lowest BCUT2D eigenvalue weighted by Crippen LogP contribution is -2.28. The van der Waals surface area contributed by atoms with Crippen LogP contribution in [0.2, 0.25) is 0 Å². The van der Waals surface area contributed by atoms with E-state index in [-0.39, 0.29) is 11.6 Å². The maximum atomic E-state index is 11.7. The molecule has 0 fully saturated rings. The van der Waals surface area contributed by atoms with Gasteiger partial charge in [0.1, 0.15) is 16.6 Å². The third-order valence-electron chi connectivity index (χ3n) is 3.48. The minimum Gasteiger partial charge on any atom is -0.510 e. The minimum atomic E-state index is -2.00. The zero-order chi connectivity index (χ0) is 19.2. The topological polar surface area (TPSA) is 117 Å². The summed E-state index contributed by atoms with van der Waals surface area (Å²) in [5.41, 5.74) is 2.22. The van der Waals surface area contributed by atoms with Crippen LogP contribution >= 0.6 is 11.3 Å². The lowest BCUT2D eigenvalue weighted by Gasteiger charge is -2.11. The van der Waals surface area contributed by atoms with Crippen LogP contribution in [0.15, 0.2) is 48.0 Å². The number of carbonyl (C=O) groups excluding carboxylic acids is 1. The van der Waals surface area contributed by atoms with Crippen molar-refractivity contribution in [3.05, 3.63) is 48.0 Å². The SMILES string of the molecule is CCNC(=O)Nc1cc(-c2nc(-c3ccccc3)cs2)c(OB(O)O)cn1. The molecule has 10 heteroatoms. The number of hydrogen-bond donors (Lipinski definition) is 4. The van der Waals surface area contributed by atoms with E-state index >= 15 is 0 Å². The zero-order valence-electron chi connectivity index (χ0n) is 14.4. The Bertz CT molecular complexity index is 920. The molecule has 0 spiro atoms. The van der Waals surface area contributed by atoms with Gasteiger partial charge in [0, 0.05) is 17.5 Å². The largest absolute Gasteiger partial charge is 0.707 e. The summed E-state index contributed by atoms with van der Waals surface area (Å²) >= 11 is 1.37. The molecule has 0 bridgehead atoms. The first-order valence-electron chi connectivity index (χ1n) is 8.16. The maximum absolute atomic E-state index is 11.7. The molecule has 2 amide bonds. The summed E-state index contributed by atoms with van der Waals surface area (Å²) in [5, 5.41) is 26.0. The zero-order valence-corrected chi connectivity index (χ0v) is 15.2. The molecular formula is C17H17BN4O4S. The van der Waals surface area contributed by atoms with Gasteiger partial charge in [0.25, 0.3) is 0 Å². The van der Waals surface area contributed by atoms with Gasteiger partial charge in [0.05, 0.1) is 17.5 Å². The van der Waals surface area contributed by atoms with Gasteiger partial charge < -0.3 is 20.0 Å². The molecular weight excluding hydrogens is 367 g/mol. The molecule has 0 aliphatic heterocycles. The Balaban J connectivity index is 1.96. The number of amides is 2. The molecule has 3 rings (SSSR count). The van der Waals surface area contributed by atoms with Crippen molar-refractivity contribution in [1.29, 1.82) is 0 Å². The van der Waals surface area contributed by atoms with Gasteiger partial charge in [0.2, 0.25) is 0 Å². The second-order valence-electron chi connectivity index (χ2n) is 5.40. The second kappa shape index (κ2) is 8.63. The summed E-state index contributed by atoms with van der Waals surface area (Å²) in [6, 6.07) is 10.8. The van der Waals surface area contributed by atoms with Gasteiger partial charge >= 0.3 is 13.4 Å². The molecule has 0 saturated heterocycles. The smallest absolute Gasteiger partial charge is 0.510 e. The van der Waals surface area contributed by atoms with Gasteiger partial charge in [-0.15, -0.1) is 11.3 Å². The maximum Gasteiger partial charge on any atom is 0.707 e. The summed E-state index contributed by atoms with van der Waals surface area (Å²) in [7, 11) is -2.00. The van der Waals surface area contributed by atoms with Crippen LogP contribution < -0.4 is 15.3 Å². The normalized spacial score (nSPS) is 10.3. The fraction of sp³-hybridized carbons (Fsp3) is 0.118. The van der Waals surface area contributed by atoms with E-state index in [9.17, 15) is 4.79 Å². The predicted molar refractivity (Wildman–Crippen MR) is 104 cm³/mol. The Labute approximate surface area is 160 Å². The molecule has 27 heavy (non-hydrogen) atoms. The summed E-state index contributed by atoms with van der Waals surface area (Å²) < 4.78 is 5.01. The van der Waals surface area contributed by atoms with Gasteiger partial charge in [-0.3, -0.25) is 5.32 Å². The van der Waals surface area contributed by atoms with E-state index in [1.54, 1.807) is 13.0 Å². The van der Waals surface area contributed by atoms with Crippen molar-refractivity contribution in [3.8, 4) is 27.6 Å². The van der Waals surface area contributed by atoms with Gasteiger partial charge in [0.15, 0.2) is 0 Å². The Morgan fingerprint density at radius 3 is 2.78 bits per heavy atom. The van der Waals surface area contributed by atoms with Crippen molar-refractivity contribution >= 4 is 30.5 Å². The lowest BCUT2D eigenvalue weighted by atomic mass is 10.2. The van der Waals surface area contributed by atoms with Crippen molar-refractivity contribution in [2.75, 3.05) is 11.9 Å². The van der Waals surface area contributed by atoms with E-state index in [0.717, 1.165) is 11.3 Å². The number of urea groups is 1. The minimum absolute atomic E-state index is 0.139. The Hall–Kier alpha value is -2.95. The molecule has 4 N–H and O–H groups in total. The average Bonchev–Trinajstić information content (AvgIpc) is 3.13. The van der Waals surface area contributed by atoms with Crippen LogP contribution in [-0.2, 0) is 0 Å². The number of pyridine rings is 1. The molecule has 0 atom stereocenters. The third-order valence-corrected chi connectivity index (χ3v) is 4.36. The Kier molecular flexibility index (Phi) is 6.02. The quantitative estimate of drug-likeness (QED) is 0.485. The number of aromatic nitrogens is 2. The summed E-state index contributed by atoms with van der Waals surface area (Å²) in [4.78, 5) is 20.4. The molecule has 2 aromatic heterocycles. The number of nitrogens with one attached hydrogen (secondary N) is 2. The Morgan fingerprint density at radius 2 is 2.07 bits per heavy atom. The first kappa shape index (κ1) is 18.8. The van der Waals surface area contributed by atoms with Crippen molar-refractivity contribution in [2.45, 2.75) is 6.92 Å². The van der Waals surface area contributed by atoms with Crippen LogP contribution in [0.3, 0.4) is 0 Å². The molecule has 0 aliphatic carbocycles.